The molecule has 0 unspecified atom stereocenters. The Kier molecular flexibility index (Phi) is 4.92. The summed E-state index contributed by atoms with van der Waals surface area (Å²) in [4.78, 5) is 16.2. The smallest absolute Gasteiger partial charge is 0.253 e. The highest BCUT2D eigenvalue weighted by molar-refractivity contribution is 7.92. The van der Waals surface area contributed by atoms with Crippen LogP contribution in [-0.4, -0.2) is 24.5 Å². The molecular weight excluding hydrogens is 326 g/mol. The molecule has 0 bridgehead atoms. The molecule has 1 saturated carbocycles. The van der Waals surface area contributed by atoms with Gasteiger partial charge in [-0.1, -0.05) is 30.3 Å². The molecule has 1 N–H and O–H groups in total. The first-order valence-corrected chi connectivity index (χ1v) is 9.37. The molecule has 1 fully saturated rings. The van der Waals surface area contributed by atoms with E-state index in [9.17, 15) is 13.2 Å². The van der Waals surface area contributed by atoms with Crippen LogP contribution in [0.2, 0.25) is 0 Å². The van der Waals surface area contributed by atoms with Crippen LogP contribution < -0.4 is 10.3 Å². The zero-order valence-electron chi connectivity index (χ0n) is 13.1. The molecule has 1 aliphatic carbocycles. The van der Waals surface area contributed by atoms with Crippen LogP contribution in [0.5, 0.6) is 0 Å². The first kappa shape index (κ1) is 16.6. The zero-order chi connectivity index (χ0) is 17.0. The van der Waals surface area contributed by atoms with Gasteiger partial charge < -0.3 is 0 Å². The van der Waals surface area contributed by atoms with Gasteiger partial charge in [0.05, 0.1) is 12.0 Å². The number of benzene rings is 1. The Hall–Kier alpha value is -2.25. The standard InChI is InChI=1S/C17H19N3O3S/c21-17-12-16(15-6-7-15)18-13-20(17)10-9-19-24(22,23)11-8-14-4-2-1-3-5-14/h1-5,8,11-13,15,19H,6-7,9-10H2. The number of rotatable bonds is 7. The van der Waals surface area contributed by atoms with Crippen LogP contribution in [0.4, 0.5) is 0 Å². The van der Waals surface area contributed by atoms with E-state index in [2.05, 4.69) is 9.71 Å². The molecule has 2 aromatic rings. The molecule has 1 aromatic carbocycles. The van der Waals surface area contributed by atoms with Gasteiger partial charge in [-0.3, -0.25) is 9.36 Å². The zero-order valence-corrected chi connectivity index (χ0v) is 13.9. The number of aromatic nitrogens is 2. The van der Waals surface area contributed by atoms with Gasteiger partial charge in [-0.2, -0.15) is 0 Å². The van der Waals surface area contributed by atoms with Crippen molar-refractivity contribution in [3.8, 4) is 0 Å². The maximum Gasteiger partial charge on any atom is 0.253 e. The largest absolute Gasteiger partial charge is 0.298 e. The Bertz CT molecular complexity index is 885. The second-order valence-electron chi connectivity index (χ2n) is 5.77. The van der Waals surface area contributed by atoms with E-state index in [1.165, 1.54) is 17.0 Å². The third-order valence-corrected chi connectivity index (χ3v) is 4.89. The van der Waals surface area contributed by atoms with Crippen molar-refractivity contribution < 1.29 is 8.42 Å². The summed E-state index contributed by atoms with van der Waals surface area (Å²) in [6.07, 6.45) is 5.19. The topological polar surface area (TPSA) is 81.1 Å². The molecule has 1 aromatic heterocycles. The third-order valence-electron chi connectivity index (χ3n) is 3.79. The lowest BCUT2D eigenvalue weighted by atomic mass is 10.2. The van der Waals surface area contributed by atoms with Crippen molar-refractivity contribution in [2.75, 3.05) is 6.54 Å². The van der Waals surface area contributed by atoms with Gasteiger partial charge in [-0.05, 0) is 24.5 Å². The summed E-state index contributed by atoms with van der Waals surface area (Å²) in [5.41, 5.74) is 1.49. The van der Waals surface area contributed by atoms with Crippen LogP contribution in [0.25, 0.3) is 6.08 Å². The van der Waals surface area contributed by atoms with Gasteiger partial charge >= 0.3 is 0 Å². The van der Waals surface area contributed by atoms with Crippen molar-refractivity contribution in [1.82, 2.24) is 14.3 Å². The molecule has 1 heterocycles. The van der Waals surface area contributed by atoms with Crippen molar-refractivity contribution in [2.24, 2.45) is 0 Å². The summed E-state index contributed by atoms with van der Waals surface area (Å²) in [6, 6.07) is 10.7. The Balaban J connectivity index is 1.55. The Morgan fingerprint density at radius 2 is 2.00 bits per heavy atom. The van der Waals surface area contributed by atoms with Crippen molar-refractivity contribution >= 4 is 16.1 Å². The third kappa shape index (κ3) is 4.62. The Labute approximate surface area is 140 Å². The Morgan fingerprint density at radius 3 is 2.67 bits per heavy atom. The van der Waals surface area contributed by atoms with Crippen LogP contribution in [0.15, 0.2) is 52.9 Å². The van der Waals surface area contributed by atoms with Gasteiger partial charge in [-0.15, -0.1) is 0 Å². The SMILES string of the molecule is O=c1cc(C2CC2)ncn1CCNS(=O)(=O)C=Cc1ccccc1. The van der Waals surface area contributed by atoms with Gasteiger partial charge in [0.2, 0.25) is 10.0 Å². The molecule has 0 aliphatic heterocycles. The van der Waals surface area contributed by atoms with E-state index in [1.54, 1.807) is 6.07 Å². The van der Waals surface area contributed by atoms with E-state index < -0.39 is 10.0 Å². The number of hydrogen-bond donors (Lipinski definition) is 1. The summed E-state index contributed by atoms with van der Waals surface area (Å²) < 4.78 is 27.7. The predicted molar refractivity (Wildman–Crippen MR) is 92.9 cm³/mol. The summed E-state index contributed by atoms with van der Waals surface area (Å²) in [6.45, 7) is 0.376. The lowest BCUT2D eigenvalue weighted by molar-refractivity contribution is 0.576. The van der Waals surface area contributed by atoms with Crippen molar-refractivity contribution in [1.29, 1.82) is 0 Å². The van der Waals surface area contributed by atoms with Crippen LogP contribution >= 0.6 is 0 Å². The molecule has 7 heteroatoms. The Morgan fingerprint density at radius 1 is 1.25 bits per heavy atom. The normalized spacial score (nSPS) is 15.0. The summed E-state index contributed by atoms with van der Waals surface area (Å²) in [5, 5.41) is 1.12. The fraction of sp³-hybridized carbons (Fsp3) is 0.294. The van der Waals surface area contributed by atoms with E-state index >= 15 is 0 Å². The number of hydrogen-bond acceptors (Lipinski definition) is 4. The fourth-order valence-electron chi connectivity index (χ4n) is 2.30. The van der Waals surface area contributed by atoms with Crippen molar-refractivity contribution in [3.05, 3.63) is 69.7 Å². The first-order chi connectivity index (χ1) is 11.5. The summed E-state index contributed by atoms with van der Waals surface area (Å²) in [5.74, 6) is 0.425. The second kappa shape index (κ2) is 7.11. The maximum atomic E-state index is 12.0. The van der Waals surface area contributed by atoms with E-state index in [1.807, 2.05) is 30.3 Å². The maximum absolute atomic E-state index is 12.0. The molecular formula is C17H19N3O3S. The molecule has 6 nitrogen and oxygen atoms in total. The van der Waals surface area contributed by atoms with Crippen LogP contribution in [0.3, 0.4) is 0 Å². The molecule has 0 radical (unpaired) electrons. The van der Waals surface area contributed by atoms with Crippen molar-refractivity contribution in [3.63, 3.8) is 0 Å². The second-order valence-corrected chi connectivity index (χ2v) is 7.42. The van der Waals surface area contributed by atoms with Crippen LogP contribution in [-0.2, 0) is 16.6 Å². The van der Waals surface area contributed by atoms with E-state index in [-0.39, 0.29) is 18.6 Å². The monoisotopic (exact) mass is 345 g/mol. The molecule has 0 spiro atoms. The minimum atomic E-state index is -3.54. The lowest BCUT2D eigenvalue weighted by Crippen LogP contribution is -2.30. The highest BCUT2D eigenvalue weighted by Crippen LogP contribution is 2.38. The minimum absolute atomic E-state index is 0.131. The number of sulfonamides is 1. The van der Waals surface area contributed by atoms with Gasteiger partial charge in [-0.25, -0.2) is 18.1 Å². The fourth-order valence-corrected chi connectivity index (χ4v) is 3.11. The molecule has 0 amide bonds. The van der Waals surface area contributed by atoms with E-state index in [0.717, 1.165) is 29.5 Å². The van der Waals surface area contributed by atoms with Gasteiger partial charge in [0.15, 0.2) is 0 Å². The van der Waals surface area contributed by atoms with Crippen molar-refractivity contribution in [2.45, 2.75) is 25.3 Å². The van der Waals surface area contributed by atoms with E-state index in [4.69, 9.17) is 0 Å². The summed E-state index contributed by atoms with van der Waals surface area (Å²) in [7, 11) is -3.54. The van der Waals surface area contributed by atoms with Crippen LogP contribution in [0.1, 0.15) is 30.0 Å². The average Bonchev–Trinajstić information content (AvgIpc) is 3.40. The van der Waals surface area contributed by atoms with Crippen LogP contribution in [0, 0.1) is 0 Å². The van der Waals surface area contributed by atoms with E-state index in [0.29, 0.717) is 5.92 Å². The van der Waals surface area contributed by atoms with Gasteiger partial charge in [0.25, 0.3) is 5.56 Å². The predicted octanol–water partition coefficient (Wildman–Crippen LogP) is 1.71. The molecule has 1 aliphatic rings. The lowest BCUT2D eigenvalue weighted by Gasteiger charge is -2.06. The van der Waals surface area contributed by atoms with Gasteiger partial charge in [0.1, 0.15) is 0 Å². The highest BCUT2D eigenvalue weighted by atomic mass is 32.2. The minimum Gasteiger partial charge on any atom is -0.298 e. The number of nitrogens with zero attached hydrogens (tertiary/aromatic N) is 2. The first-order valence-electron chi connectivity index (χ1n) is 7.83. The van der Waals surface area contributed by atoms with Gasteiger partial charge in [0, 0.05) is 30.5 Å². The average molecular weight is 345 g/mol. The molecule has 0 saturated heterocycles. The summed E-state index contributed by atoms with van der Waals surface area (Å²) >= 11 is 0. The number of nitrogens with one attached hydrogen (secondary N) is 1. The molecule has 24 heavy (non-hydrogen) atoms. The molecule has 3 rings (SSSR count). The molecule has 126 valence electrons. The highest BCUT2D eigenvalue weighted by Gasteiger charge is 2.25. The quantitative estimate of drug-likeness (QED) is 0.828. The molecule has 0 atom stereocenters.